The van der Waals surface area contributed by atoms with Crippen molar-refractivity contribution in [3.05, 3.63) is 94.8 Å². The third-order valence-electron chi connectivity index (χ3n) is 6.04. The van der Waals surface area contributed by atoms with Gasteiger partial charge in [-0.3, -0.25) is 14.6 Å². The van der Waals surface area contributed by atoms with Gasteiger partial charge in [0.25, 0.3) is 11.7 Å². The Kier molecular flexibility index (Phi) is 7.15. The second-order valence-electron chi connectivity index (χ2n) is 8.56. The zero-order valence-corrected chi connectivity index (χ0v) is 19.8. The van der Waals surface area contributed by atoms with Crippen LogP contribution < -0.4 is 4.74 Å². The summed E-state index contributed by atoms with van der Waals surface area (Å²) in [6.07, 6.45) is 5.23. The quantitative estimate of drug-likeness (QED) is 0.209. The number of likely N-dealkylation sites (tertiary alicyclic amines) is 1. The number of ketones is 1. The van der Waals surface area contributed by atoms with Crippen LogP contribution in [0.1, 0.15) is 48.1 Å². The van der Waals surface area contributed by atoms with Gasteiger partial charge in [-0.25, -0.2) is 0 Å². The lowest BCUT2D eigenvalue weighted by Crippen LogP contribution is -2.29. The molecular weight excluding hydrogens is 444 g/mol. The van der Waals surface area contributed by atoms with E-state index in [4.69, 9.17) is 4.74 Å². The van der Waals surface area contributed by atoms with E-state index in [0.717, 1.165) is 24.0 Å². The van der Waals surface area contributed by atoms with Crippen molar-refractivity contribution in [2.45, 2.75) is 39.3 Å². The molecule has 1 aliphatic rings. The van der Waals surface area contributed by atoms with E-state index < -0.39 is 17.7 Å². The summed E-state index contributed by atoms with van der Waals surface area (Å²) in [6.45, 7) is 4.65. The minimum atomic E-state index is -0.823. The maximum absolute atomic E-state index is 13.2. The minimum absolute atomic E-state index is 0.00679. The summed E-state index contributed by atoms with van der Waals surface area (Å²) in [5.74, 6) is -0.961. The first-order valence-corrected chi connectivity index (χ1v) is 11.6. The highest BCUT2D eigenvalue weighted by Gasteiger charge is 2.46. The number of carbonyl (C=O) groups excluding carboxylic acids is 2. The summed E-state index contributed by atoms with van der Waals surface area (Å²) in [4.78, 5) is 31.9. The van der Waals surface area contributed by atoms with Crippen molar-refractivity contribution in [3.63, 3.8) is 0 Å². The summed E-state index contributed by atoms with van der Waals surface area (Å²) >= 11 is 0. The largest absolute Gasteiger partial charge is 0.508 e. The molecule has 0 unspecified atom stereocenters. The smallest absolute Gasteiger partial charge is 0.295 e. The Balaban J connectivity index is 1.78. The van der Waals surface area contributed by atoms with E-state index in [1.165, 1.54) is 17.0 Å². The molecule has 0 saturated carbocycles. The van der Waals surface area contributed by atoms with Crippen LogP contribution in [-0.4, -0.2) is 38.4 Å². The molecule has 1 aromatic heterocycles. The van der Waals surface area contributed by atoms with Gasteiger partial charge < -0.3 is 19.8 Å². The number of hydrogen-bond donors (Lipinski definition) is 2. The lowest BCUT2D eigenvalue weighted by Gasteiger charge is -2.25. The molecule has 0 aliphatic carbocycles. The molecule has 2 heterocycles. The van der Waals surface area contributed by atoms with Crippen LogP contribution >= 0.6 is 0 Å². The molecule has 1 atom stereocenters. The molecule has 0 spiro atoms. The zero-order valence-electron chi connectivity index (χ0n) is 19.8. The number of rotatable bonds is 8. The molecule has 1 amide bonds. The van der Waals surface area contributed by atoms with Crippen molar-refractivity contribution in [1.29, 1.82) is 0 Å². The fraction of sp³-hybridized carbons (Fsp3) is 0.250. The van der Waals surface area contributed by atoms with Gasteiger partial charge in [0, 0.05) is 24.5 Å². The molecule has 1 fully saturated rings. The van der Waals surface area contributed by atoms with E-state index in [-0.39, 0.29) is 23.6 Å². The Hall–Kier alpha value is -4.13. The number of nitrogens with zero attached hydrogens (tertiary/aromatic N) is 2. The van der Waals surface area contributed by atoms with Crippen molar-refractivity contribution in [3.8, 4) is 11.5 Å². The van der Waals surface area contributed by atoms with Crippen LogP contribution in [0.4, 0.5) is 0 Å². The van der Waals surface area contributed by atoms with Crippen LogP contribution in [0.2, 0.25) is 0 Å². The molecule has 2 N–H and O–H groups in total. The van der Waals surface area contributed by atoms with Crippen LogP contribution in [0, 0.1) is 6.92 Å². The first-order valence-electron chi connectivity index (χ1n) is 11.6. The Morgan fingerprint density at radius 2 is 1.89 bits per heavy atom. The Labute approximate surface area is 204 Å². The molecule has 180 valence electrons. The number of pyridine rings is 1. The number of carbonyl (C=O) groups is 2. The number of aromatic hydroxyl groups is 1. The number of aliphatic hydroxyl groups is 1. The topological polar surface area (TPSA) is 100.0 Å². The lowest BCUT2D eigenvalue weighted by molar-refractivity contribution is -0.140. The van der Waals surface area contributed by atoms with Gasteiger partial charge in [0.1, 0.15) is 17.3 Å². The Morgan fingerprint density at radius 3 is 2.54 bits per heavy atom. The predicted molar refractivity (Wildman–Crippen MR) is 132 cm³/mol. The Bertz CT molecular complexity index is 1250. The number of ether oxygens (including phenoxy) is 1. The third-order valence-corrected chi connectivity index (χ3v) is 6.04. The first kappa shape index (κ1) is 24.0. The maximum Gasteiger partial charge on any atom is 0.295 e. The summed E-state index contributed by atoms with van der Waals surface area (Å²) in [7, 11) is 0. The van der Waals surface area contributed by atoms with Crippen LogP contribution in [0.15, 0.2) is 72.6 Å². The molecular formula is C28H28N2O5. The fourth-order valence-corrected chi connectivity index (χ4v) is 4.21. The molecule has 7 heteroatoms. The van der Waals surface area contributed by atoms with E-state index in [9.17, 15) is 19.8 Å². The number of Topliss-reactive ketones (excluding diaryl/α,β-unsaturated/α-hetero) is 1. The van der Waals surface area contributed by atoms with E-state index >= 15 is 0 Å². The zero-order chi connectivity index (χ0) is 24.9. The van der Waals surface area contributed by atoms with E-state index in [1.807, 2.05) is 19.1 Å². The first-order chi connectivity index (χ1) is 16.9. The van der Waals surface area contributed by atoms with Gasteiger partial charge in [0.15, 0.2) is 0 Å². The van der Waals surface area contributed by atoms with Gasteiger partial charge in [0.05, 0.1) is 18.2 Å². The number of phenols is 1. The molecule has 0 bridgehead atoms. The fourth-order valence-electron chi connectivity index (χ4n) is 4.21. The molecule has 1 saturated heterocycles. The second-order valence-corrected chi connectivity index (χ2v) is 8.56. The summed E-state index contributed by atoms with van der Waals surface area (Å²) in [6, 6.07) is 14.3. The molecule has 4 rings (SSSR count). The number of benzene rings is 2. The van der Waals surface area contributed by atoms with Crippen LogP contribution in [-0.2, 0) is 16.1 Å². The Morgan fingerprint density at radius 1 is 1.11 bits per heavy atom. The van der Waals surface area contributed by atoms with Crippen molar-refractivity contribution in [2.24, 2.45) is 0 Å². The normalized spacial score (nSPS) is 17.1. The van der Waals surface area contributed by atoms with E-state index in [0.29, 0.717) is 23.5 Å². The summed E-state index contributed by atoms with van der Waals surface area (Å²) in [5.41, 5.74) is 2.54. The number of aliphatic hydroxyl groups excluding tert-OH is 1. The average Bonchev–Trinajstić information content (AvgIpc) is 3.10. The second kappa shape index (κ2) is 10.4. The van der Waals surface area contributed by atoms with Crippen LogP contribution in [0.25, 0.3) is 5.76 Å². The molecule has 35 heavy (non-hydrogen) atoms. The summed E-state index contributed by atoms with van der Waals surface area (Å²) in [5, 5.41) is 21.1. The number of amides is 1. The van der Waals surface area contributed by atoms with Gasteiger partial charge in [-0.15, -0.1) is 0 Å². The van der Waals surface area contributed by atoms with E-state index in [1.54, 1.807) is 42.7 Å². The van der Waals surface area contributed by atoms with Crippen LogP contribution in [0.5, 0.6) is 11.5 Å². The monoisotopic (exact) mass is 472 g/mol. The van der Waals surface area contributed by atoms with Crippen molar-refractivity contribution in [2.75, 3.05) is 6.61 Å². The number of aromatic nitrogens is 1. The SMILES string of the molecule is CCCCOc1ccc(C(O)=C2C(=O)C(=O)N(Cc3cccnc3)[C@@H]2c2ccc(O)cc2)c(C)c1. The summed E-state index contributed by atoms with van der Waals surface area (Å²) < 4.78 is 5.75. The molecule has 3 aromatic rings. The third kappa shape index (κ3) is 5.04. The van der Waals surface area contributed by atoms with Gasteiger partial charge >= 0.3 is 0 Å². The van der Waals surface area contributed by atoms with Crippen LogP contribution in [0.3, 0.4) is 0 Å². The average molecular weight is 473 g/mol. The molecule has 2 aromatic carbocycles. The van der Waals surface area contributed by atoms with Crippen molar-refractivity contribution in [1.82, 2.24) is 9.88 Å². The minimum Gasteiger partial charge on any atom is -0.508 e. The van der Waals surface area contributed by atoms with Gasteiger partial charge in [-0.05, 0) is 66.4 Å². The predicted octanol–water partition coefficient (Wildman–Crippen LogP) is 4.90. The number of aryl methyl sites for hydroxylation is 1. The molecule has 1 aliphatic heterocycles. The highest BCUT2D eigenvalue weighted by Crippen LogP contribution is 2.41. The van der Waals surface area contributed by atoms with Crippen molar-refractivity contribution < 1.29 is 24.5 Å². The number of unbranched alkanes of at least 4 members (excludes halogenated alkanes) is 1. The standard InChI is InChI=1S/C28H28N2O5/c1-3-4-14-35-22-11-12-23(18(2)15-22)26(32)24-25(20-7-9-21(31)10-8-20)30(28(34)27(24)33)17-19-6-5-13-29-16-19/h5-13,15-16,25,31-32H,3-4,14,17H2,1-2H3/t25-/m1/s1. The highest BCUT2D eigenvalue weighted by atomic mass is 16.5. The number of hydrogen-bond acceptors (Lipinski definition) is 6. The highest BCUT2D eigenvalue weighted by molar-refractivity contribution is 6.46. The van der Waals surface area contributed by atoms with Gasteiger partial charge in [-0.2, -0.15) is 0 Å². The van der Waals surface area contributed by atoms with Gasteiger partial charge in [-0.1, -0.05) is 31.5 Å². The molecule has 7 nitrogen and oxygen atoms in total. The lowest BCUT2D eigenvalue weighted by atomic mass is 9.93. The maximum atomic E-state index is 13.2. The van der Waals surface area contributed by atoms with Crippen molar-refractivity contribution >= 4 is 17.4 Å². The van der Waals surface area contributed by atoms with Gasteiger partial charge in [0.2, 0.25) is 0 Å². The molecule has 0 radical (unpaired) electrons. The number of phenolic OH excluding ortho intramolecular Hbond substituents is 1. The van der Waals surface area contributed by atoms with E-state index in [2.05, 4.69) is 11.9 Å².